The van der Waals surface area contributed by atoms with Gasteiger partial charge in [0.05, 0.1) is 21.0 Å². The molecule has 0 amide bonds. The summed E-state index contributed by atoms with van der Waals surface area (Å²) in [5, 5.41) is 0.731. The fourth-order valence-corrected chi connectivity index (χ4v) is 2.63. The van der Waals surface area contributed by atoms with Crippen LogP contribution in [-0.2, 0) is 4.79 Å². The van der Waals surface area contributed by atoms with Crippen molar-refractivity contribution in [3.05, 3.63) is 63.3 Å². The predicted octanol–water partition coefficient (Wildman–Crippen LogP) is 5.56. The topological polar surface area (TPSA) is 52.6 Å². The van der Waals surface area contributed by atoms with Crippen LogP contribution in [0, 0.1) is 5.41 Å². The monoisotopic (exact) mass is 390 g/mol. The Morgan fingerprint density at radius 2 is 1.88 bits per heavy atom. The summed E-state index contributed by atoms with van der Waals surface area (Å²) >= 11 is 12.2. The summed E-state index contributed by atoms with van der Waals surface area (Å²) < 4.78 is 11.0. The van der Waals surface area contributed by atoms with Crippen molar-refractivity contribution in [2.75, 3.05) is 0 Å². The average Bonchev–Trinajstić information content (AvgIpc) is 2.86. The van der Waals surface area contributed by atoms with Crippen molar-refractivity contribution in [2.24, 2.45) is 5.41 Å². The minimum absolute atomic E-state index is 0.128. The zero-order chi connectivity index (χ0) is 19.1. The fourth-order valence-electron chi connectivity index (χ4n) is 2.26. The van der Waals surface area contributed by atoms with Gasteiger partial charge in [-0.1, -0.05) is 35.3 Å². The highest BCUT2D eigenvalue weighted by molar-refractivity contribution is 6.43. The quantitative estimate of drug-likeness (QED) is 0.382. The van der Waals surface area contributed by atoms with Gasteiger partial charge in [0.2, 0.25) is 5.78 Å². The SMILES string of the molecule is CC(C)(C)C(=O)Oc1ccc2c(c1)OC(=Cc1cccc(Cl)c1Cl)C2=O. The predicted molar refractivity (Wildman–Crippen MR) is 101 cm³/mol. The number of hydrogen-bond acceptors (Lipinski definition) is 4. The number of Topliss-reactive ketones (excluding diaryl/α,β-unsaturated/α-hetero) is 1. The summed E-state index contributed by atoms with van der Waals surface area (Å²) in [5.41, 5.74) is 0.337. The number of benzene rings is 2. The molecule has 0 aliphatic carbocycles. The van der Waals surface area contributed by atoms with Crippen LogP contribution in [0.5, 0.6) is 11.5 Å². The van der Waals surface area contributed by atoms with E-state index in [1.807, 2.05) is 0 Å². The third-order valence-corrected chi connectivity index (χ3v) is 4.57. The number of rotatable bonds is 2. The lowest BCUT2D eigenvalue weighted by atomic mass is 9.97. The van der Waals surface area contributed by atoms with E-state index in [4.69, 9.17) is 32.7 Å². The molecule has 6 heteroatoms. The molecular weight excluding hydrogens is 375 g/mol. The van der Waals surface area contributed by atoms with E-state index in [0.29, 0.717) is 32.7 Å². The molecule has 0 spiro atoms. The van der Waals surface area contributed by atoms with Gasteiger partial charge in [0.25, 0.3) is 0 Å². The molecule has 3 rings (SSSR count). The molecule has 0 bridgehead atoms. The van der Waals surface area contributed by atoms with Crippen LogP contribution >= 0.6 is 23.2 Å². The number of carbonyl (C=O) groups excluding carboxylic acids is 2. The van der Waals surface area contributed by atoms with E-state index in [1.165, 1.54) is 12.1 Å². The maximum absolute atomic E-state index is 12.5. The summed E-state index contributed by atoms with van der Waals surface area (Å²) in [6.45, 7) is 5.29. The van der Waals surface area contributed by atoms with Crippen molar-refractivity contribution in [2.45, 2.75) is 20.8 Å². The van der Waals surface area contributed by atoms with Crippen LogP contribution in [0.15, 0.2) is 42.2 Å². The Morgan fingerprint density at radius 1 is 1.15 bits per heavy atom. The van der Waals surface area contributed by atoms with Gasteiger partial charge in [-0.05, 0) is 50.6 Å². The lowest BCUT2D eigenvalue weighted by molar-refractivity contribution is -0.143. The Bertz CT molecular complexity index is 939. The lowest BCUT2D eigenvalue weighted by Crippen LogP contribution is -2.25. The first-order chi connectivity index (χ1) is 12.2. The molecule has 1 aliphatic rings. The number of esters is 1. The molecule has 0 saturated heterocycles. The Labute approximate surface area is 161 Å². The summed E-state index contributed by atoms with van der Waals surface area (Å²) in [4.78, 5) is 24.5. The lowest BCUT2D eigenvalue weighted by Gasteiger charge is -2.16. The van der Waals surface area contributed by atoms with Gasteiger partial charge in [-0.15, -0.1) is 0 Å². The smallest absolute Gasteiger partial charge is 0.316 e. The zero-order valence-electron chi connectivity index (χ0n) is 14.4. The van der Waals surface area contributed by atoms with Gasteiger partial charge in [-0.2, -0.15) is 0 Å². The number of fused-ring (bicyclic) bond motifs is 1. The fraction of sp³-hybridized carbons (Fsp3) is 0.200. The largest absolute Gasteiger partial charge is 0.452 e. The summed E-state index contributed by atoms with van der Waals surface area (Å²) in [7, 11) is 0. The van der Waals surface area contributed by atoms with Crippen LogP contribution in [0.1, 0.15) is 36.7 Å². The van der Waals surface area contributed by atoms with Crippen LogP contribution in [0.3, 0.4) is 0 Å². The molecule has 0 N–H and O–H groups in total. The third kappa shape index (κ3) is 3.62. The van der Waals surface area contributed by atoms with Gasteiger partial charge in [0, 0.05) is 6.07 Å². The molecule has 0 aromatic heterocycles. The number of ether oxygens (including phenoxy) is 2. The van der Waals surface area contributed by atoms with Crippen LogP contribution in [-0.4, -0.2) is 11.8 Å². The van der Waals surface area contributed by atoms with Crippen molar-refractivity contribution in [1.29, 1.82) is 0 Å². The van der Waals surface area contributed by atoms with Gasteiger partial charge in [0.15, 0.2) is 5.76 Å². The number of halogens is 2. The van der Waals surface area contributed by atoms with Crippen LogP contribution < -0.4 is 9.47 Å². The molecule has 1 aliphatic heterocycles. The standard InChI is InChI=1S/C20H16Cl2O4/c1-20(2,3)19(24)25-12-7-8-13-15(10-12)26-16(18(13)23)9-11-5-4-6-14(21)17(11)22/h4-10H,1-3H3. The van der Waals surface area contributed by atoms with Gasteiger partial charge in [-0.25, -0.2) is 0 Å². The molecule has 134 valence electrons. The van der Waals surface area contributed by atoms with Crippen molar-refractivity contribution in [1.82, 2.24) is 0 Å². The van der Waals surface area contributed by atoms with Gasteiger partial charge in [-0.3, -0.25) is 9.59 Å². The van der Waals surface area contributed by atoms with E-state index in [0.717, 1.165) is 0 Å². The average molecular weight is 391 g/mol. The summed E-state index contributed by atoms with van der Waals surface area (Å²) in [5.74, 6) is 0.133. The second-order valence-corrected chi connectivity index (χ2v) is 7.67. The molecule has 4 nitrogen and oxygen atoms in total. The van der Waals surface area contributed by atoms with E-state index in [1.54, 1.807) is 51.1 Å². The number of ketones is 1. The number of allylic oxidation sites excluding steroid dienone is 1. The van der Waals surface area contributed by atoms with Crippen molar-refractivity contribution < 1.29 is 19.1 Å². The molecule has 0 fully saturated rings. The van der Waals surface area contributed by atoms with Gasteiger partial charge < -0.3 is 9.47 Å². The number of hydrogen-bond donors (Lipinski definition) is 0. The van der Waals surface area contributed by atoms with Gasteiger partial charge in [0.1, 0.15) is 11.5 Å². The van der Waals surface area contributed by atoms with E-state index >= 15 is 0 Å². The second-order valence-electron chi connectivity index (χ2n) is 6.88. The van der Waals surface area contributed by atoms with Crippen LogP contribution in [0.25, 0.3) is 6.08 Å². The maximum atomic E-state index is 12.5. The Balaban J connectivity index is 1.88. The molecule has 0 saturated carbocycles. The van der Waals surface area contributed by atoms with Crippen molar-refractivity contribution in [3.8, 4) is 11.5 Å². The number of carbonyl (C=O) groups is 2. The minimum atomic E-state index is -0.635. The van der Waals surface area contributed by atoms with Crippen molar-refractivity contribution >= 4 is 41.0 Å². The van der Waals surface area contributed by atoms with E-state index in [2.05, 4.69) is 0 Å². The normalized spacial score (nSPS) is 15.0. The highest BCUT2D eigenvalue weighted by atomic mass is 35.5. The van der Waals surface area contributed by atoms with Crippen LogP contribution in [0.2, 0.25) is 10.0 Å². The maximum Gasteiger partial charge on any atom is 0.316 e. The van der Waals surface area contributed by atoms with Crippen molar-refractivity contribution in [3.63, 3.8) is 0 Å². The molecule has 26 heavy (non-hydrogen) atoms. The zero-order valence-corrected chi connectivity index (χ0v) is 15.9. The van der Waals surface area contributed by atoms with E-state index < -0.39 is 5.41 Å². The summed E-state index contributed by atoms with van der Waals surface area (Å²) in [6, 6.07) is 9.79. The molecule has 2 aromatic carbocycles. The first-order valence-corrected chi connectivity index (χ1v) is 8.67. The highest BCUT2D eigenvalue weighted by Crippen LogP contribution is 2.36. The first kappa shape index (κ1) is 18.5. The third-order valence-electron chi connectivity index (χ3n) is 3.73. The molecule has 0 atom stereocenters. The van der Waals surface area contributed by atoms with Gasteiger partial charge >= 0.3 is 5.97 Å². The van der Waals surface area contributed by atoms with Crippen LogP contribution in [0.4, 0.5) is 0 Å². The highest BCUT2D eigenvalue weighted by Gasteiger charge is 2.29. The Morgan fingerprint density at radius 3 is 2.58 bits per heavy atom. The first-order valence-electron chi connectivity index (χ1n) is 7.91. The molecule has 0 radical (unpaired) electrons. The summed E-state index contributed by atoms with van der Waals surface area (Å²) in [6.07, 6.45) is 1.54. The van der Waals surface area contributed by atoms with E-state index in [-0.39, 0.29) is 17.5 Å². The molecule has 0 unspecified atom stereocenters. The molecule has 2 aromatic rings. The van der Waals surface area contributed by atoms with E-state index in [9.17, 15) is 9.59 Å². The Hall–Kier alpha value is -2.30. The second kappa shape index (κ2) is 6.78. The minimum Gasteiger partial charge on any atom is -0.452 e. The molecule has 1 heterocycles. The molecular formula is C20H16Cl2O4. The Kier molecular flexibility index (Phi) is 4.82.